The van der Waals surface area contributed by atoms with Gasteiger partial charge in [0.2, 0.25) is 0 Å². The maximum atomic E-state index is 12.3. The fraction of sp³-hybridized carbons (Fsp3) is 0. The molecule has 1 aromatic heterocycles. The van der Waals surface area contributed by atoms with E-state index in [-0.39, 0.29) is 5.39 Å². The Morgan fingerprint density at radius 1 is 1.04 bits per heavy atom. The van der Waals surface area contributed by atoms with Crippen LogP contribution in [0.1, 0.15) is 10.4 Å². The number of aromatic amines is 1. The molecule has 0 aliphatic heterocycles. The van der Waals surface area contributed by atoms with Gasteiger partial charge in [0.25, 0.3) is 11.5 Å². The van der Waals surface area contributed by atoms with Gasteiger partial charge in [-0.05, 0) is 35.9 Å². The summed E-state index contributed by atoms with van der Waals surface area (Å²) in [5, 5.41) is 0.857. The van der Waals surface area contributed by atoms with E-state index in [0.29, 0.717) is 15.1 Å². The summed E-state index contributed by atoms with van der Waals surface area (Å²) in [5.41, 5.74) is -0.282. The predicted octanol–water partition coefficient (Wildman–Crippen LogP) is 2.70. The fourth-order valence-electron chi connectivity index (χ4n) is 2.18. The first-order valence-corrected chi connectivity index (χ1v) is 7.16. The van der Waals surface area contributed by atoms with Crippen LogP contribution < -0.4 is 11.2 Å². The Kier molecular flexibility index (Phi) is 3.95. The molecule has 0 fully saturated rings. The summed E-state index contributed by atoms with van der Waals surface area (Å²) in [6, 6.07) is 13.3. The van der Waals surface area contributed by atoms with Gasteiger partial charge in [-0.15, -0.1) is 0 Å². The zero-order valence-corrected chi connectivity index (χ0v) is 12.6. The fourth-order valence-corrected chi connectivity index (χ4v) is 2.30. The quantitative estimate of drug-likeness (QED) is 0.736. The van der Waals surface area contributed by atoms with Gasteiger partial charge in [-0.3, -0.25) is 9.59 Å². The first kappa shape index (κ1) is 15.0. The predicted molar refractivity (Wildman–Crippen MR) is 89.9 cm³/mol. The van der Waals surface area contributed by atoms with Crippen LogP contribution in [0.5, 0.6) is 0 Å². The number of H-pyrrole nitrogens is 1. The lowest BCUT2D eigenvalue weighted by atomic mass is 10.2. The number of para-hydroxylation sites is 1. The van der Waals surface area contributed by atoms with E-state index in [1.165, 1.54) is 12.2 Å². The number of fused-ring (bicyclic) bond motifs is 1. The van der Waals surface area contributed by atoms with Crippen molar-refractivity contribution in [2.24, 2.45) is 0 Å². The number of hydrogen-bond donors (Lipinski definition) is 1. The lowest BCUT2D eigenvalue weighted by Crippen LogP contribution is -2.38. The Hall–Kier alpha value is -2.92. The third-order valence-electron chi connectivity index (χ3n) is 3.31. The average Bonchev–Trinajstić information content (AvgIpc) is 2.54. The number of carbonyl (C=O) groups is 1. The smallest absolute Gasteiger partial charge is 0.306 e. The van der Waals surface area contributed by atoms with Gasteiger partial charge in [0.05, 0.1) is 10.9 Å². The van der Waals surface area contributed by atoms with Crippen molar-refractivity contribution in [1.29, 1.82) is 0 Å². The van der Waals surface area contributed by atoms with Crippen LogP contribution in [0.15, 0.2) is 64.2 Å². The van der Waals surface area contributed by atoms with Gasteiger partial charge in [-0.1, -0.05) is 35.9 Å². The lowest BCUT2D eigenvalue weighted by molar-refractivity contribution is 0.0961. The van der Waals surface area contributed by atoms with Crippen molar-refractivity contribution in [3.05, 3.63) is 86.0 Å². The van der Waals surface area contributed by atoms with E-state index in [9.17, 15) is 14.4 Å². The van der Waals surface area contributed by atoms with Gasteiger partial charge in [-0.25, -0.2) is 4.79 Å². The van der Waals surface area contributed by atoms with Crippen molar-refractivity contribution in [3.8, 4) is 0 Å². The van der Waals surface area contributed by atoms with E-state index in [1.807, 2.05) is 0 Å². The molecule has 3 rings (SSSR count). The van der Waals surface area contributed by atoms with Crippen molar-refractivity contribution in [2.75, 3.05) is 0 Å². The van der Waals surface area contributed by atoms with E-state index in [4.69, 9.17) is 11.6 Å². The Labute approximate surface area is 135 Å². The summed E-state index contributed by atoms with van der Waals surface area (Å²) in [6.45, 7) is 0. The molecule has 114 valence electrons. The van der Waals surface area contributed by atoms with Crippen molar-refractivity contribution in [2.45, 2.75) is 0 Å². The molecule has 0 atom stereocenters. The number of halogens is 1. The number of carbonyl (C=O) groups excluding carboxylic acids is 1. The molecule has 0 aliphatic rings. The Morgan fingerprint density at radius 3 is 2.48 bits per heavy atom. The molecule has 2 aromatic carbocycles. The van der Waals surface area contributed by atoms with Crippen molar-refractivity contribution < 1.29 is 4.79 Å². The molecule has 0 amide bonds. The molecule has 6 heteroatoms. The monoisotopic (exact) mass is 326 g/mol. The molecule has 0 bridgehead atoms. The minimum atomic E-state index is -0.764. The van der Waals surface area contributed by atoms with Crippen molar-refractivity contribution in [3.63, 3.8) is 0 Å². The number of aromatic nitrogens is 2. The molecular weight excluding hydrogens is 316 g/mol. The maximum absolute atomic E-state index is 12.3. The molecule has 0 spiro atoms. The lowest BCUT2D eigenvalue weighted by Gasteiger charge is -2.02. The number of nitrogens with zero attached hydrogens (tertiary/aromatic N) is 1. The molecule has 5 nitrogen and oxygen atoms in total. The molecule has 0 unspecified atom stereocenters. The van der Waals surface area contributed by atoms with E-state index in [0.717, 1.165) is 5.56 Å². The first-order chi connectivity index (χ1) is 11.1. The Balaban J connectivity index is 2.03. The van der Waals surface area contributed by atoms with Crippen LogP contribution in [-0.2, 0) is 0 Å². The van der Waals surface area contributed by atoms with E-state index in [1.54, 1.807) is 48.5 Å². The molecular formula is C17H11ClN2O3. The number of allylic oxidation sites excluding steroid dienone is 1. The second-order valence-electron chi connectivity index (χ2n) is 4.84. The average molecular weight is 327 g/mol. The summed E-state index contributed by atoms with van der Waals surface area (Å²) in [7, 11) is 0. The van der Waals surface area contributed by atoms with Gasteiger partial charge in [0.15, 0.2) is 0 Å². The highest BCUT2D eigenvalue weighted by Crippen LogP contribution is 2.10. The second kappa shape index (κ2) is 6.06. The summed E-state index contributed by atoms with van der Waals surface area (Å²) >= 11 is 5.79. The Bertz CT molecular complexity index is 1030. The van der Waals surface area contributed by atoms with E-state index < -0.39 is 17.2 Å². The zero-order chi connectivity index (χ0) is 16.4. The van der Waals surface area contributed by atoms with Crippen LogP contribution in [0.3, 0.4) is 0 Å². The van der Waals surface area contributed by atoms with Crippen LogP contribution in [0.4, 0.5) is 0 Å². The van der Waals surface area contributed by atoms with Crippen molar-refractivity contribution in [1.82, 2.24) is 9.55 Å². The van der Waals surface area contributed by atoms with Crippen molar-refractivity contribution >= 4 is 34.5 Å². The second-order valence-corrected chi connectivity index (χ2v) is 5.28. The number of benzene rings is 2. The normalized spacial score (nSPS) is 11.2. The van der Waals surface area contributed by atoms with E-state index in [2.05, 4.69) is 4.98 Å². The van der Waals surface area contributed by atoms with Crippen LogP contribution in [0.2, 0.25) is 5.02 Å². The summed E-state index contributed by atoms with van der Waals surface area (Å²) in [6.07, 6.45) is 2.69. The first-order valence-electron chi connectivity index (χ1n) is 6.78. The highest BCUT2D eigenvalue weighted by Gasteiger charge is 2.11. The molecule has 0 radical (unpaired) electrons. The molecule has 1 heterocycles. The molecule has 23 heavy (non-hydrogen) atoms. The minimum Gasteiger partial charge on any atom is -0.306 e. The maximum Gasteiger partial charge on any atom is 0.336 e. The number of nitrogens with one attached hydrogen (secondary N) is 1. The minimum absolute atomic E-state index is 0.278. The van der Waals surface area contributed by atoms with Gasteiger partial charge in [0, 0.05) is 11.1 Å². The van der Waals surface area contributed by atoms with Gasteiger partial charge in [0.1, 0.15) is 0 Å². The molecule has 1 N–H and O–H groups in total. The SMILES string of the molecule is O=C(/C=C/c1ccc(Cl)cc1)n1c(=O)[nH]c2ccccc2c1=O. The number of rotatable bonds is 2. The largest absolute Gasteiger partial charge is 0.336 e. The summed E-state index contributed by atoms with van der Waals surface area (Å²) in [4.78, 5) is 39.0. The summed E-state index contributed by atoms with van der Waals surface area (Å²) < 4.78 is 0.578. The topological polar surface area (TPSA) is 71.9 Å². The standard InChI is InChI=1S/C17H11ClN2O3/c18-12-8-5-11(6-9-12)7-10-15(21)20-16(22)13-3-1-2-4-14(13)19-17(20)23/h1-10H,(H,19,23)/b10-7+. The molecule has 3 aromatic rings. The Morgan fingerprint density at radius 2 is 1.74 bits per heavy atom. The van der Waals surface area contributed by atoms with Crippen LogP contribution in [-0.4, -0.2) is 15.5 Å². The highest BCUT2D eigenvalue weighted by molar-refractivity contribution is 6.30. The molecule has 0 saturated heterocycles. The number of hydrogen-bond acceptors (Lipinski definition) is 3. The molecule has 0 saturated carbocycles. The van der Waals surface area contributed by atoms with Gasteiger partial charge in [-0.2, -0.15) is 4.57 Å². The van der Waals surface area contributed by atoms with Gasteiger partial charge < -0.3 is 4.98 Å². The van der Waals surface area contributed by atoms with Gasteiger partial charge >= 0.3 is 5.69 Å². The summed E-state index contributed by atoms with van der Waals surface area (Å²) in [5.74, 6) is -0.711. The van der Waals surface area contributed by atoms with Crippen LogP contribution in [0.25, 0.3) is 17.0 Å². The molecule has 0 aliphatic carbocycles. The van der Waals surface area contributed by atoms with Crippen LogP contribution >= 0.6 is 11.6 Å². The highest BCUT2D eigenvalue weighted by atomic mass is 35.5. The van der Waals surface area contributed by atoms with E-state index >= 15 is 0 Å². The van der Waals surface area contributed by atoms with Crippen LogP contribution in [0, 0.1) is 0 Å². The third-order valence-corrected chi connectivity index (χ3v) is 3.57. The third kappa shape index (κ3) is 3.00. The zero-order valence-electron chi connectivity index (χ0n) is 11.8.